The molecule has 1 amide bonds. The maximum Gasteiger partial charge on any atom is 0.224 e. The molecule has 0 radical (unpaired) electrons. The van der Waals surface area contributed by atoms with Gasteiger partial charge in [-0.2, -0.15) is 0 Å². The summed E-state index contributed by atoms with van der Waals surface area (Å²) in [7, 11) is 0. The summed E-state index contributed by atoms with van der Waals surface area (Å²) in [4.78, 5) is 11.9. The lowest BCUT2D eigenvalue weighted by atomic mass is 9.97. The van der Waals surface area contributed by atoms with Gasteiger partial charge in [-0.25, -0.2) is 0 Å². The fourth-order valence-electron chi connectivity index (χ4n) is 1.69. The molecule has 0 unspecified atom stereocenters. The molecule has 0 atom stereocenters. The van der Waals surface area contributed by atoms with Crippen molar-refractivity contribution in [2.75, 3.05) is 6.54 Å². The number of amides is 1. The van der Waals surface area contributed by atoms with E-state index in [4.69, 9.17) is 23.2 Å². The van der Waals surface area contributed by atoms with Crippen LogP contribution in [-0.2, 0) is 11.2 Å². The maximum absolute atomic E-state index is 11.9. The van der Waals surface area contributed by atoms with Crippen LogP contribution in [0.1, 0.15) is 32.3 Å². The molecule has 0 aromatic heterocycles. The molecule has 0 aliphatic heterocycles. The highest BCUT2D eigenvalue weighted by atomic mass is 35.5. The Morgan fingerprint density at radius 3 is 2.26 bits per heavy atom. The van der Waals surface area contributed by atoms with Gasteiger partial charge in [0.15, 0.2) is 0 Å². The van der Waals surface area contributed by atoms with Crippen LogP contribution in [0.3, 0.4) is 0 Å². The SMILES string of the molecule is CCC(O)(CC)CNC(=O)Cc1c(Cl)cccc1Cl. The normalized spacial score (nSPS) is 11.4. The summed E-state index contributed by atoms with van der Waals surface area (Å²) in [6, 6.07) is 5.13. The summed E-state index contributed by atoms with van der Waals surface area (Å²) in [5.41, 5.74) is -0.236. The van der Waals surface area contributed by atoms with Crippen molar-refractivity contribution in [3.63, 3.8) is 0 Å². The quantitative estimate of drug-likeness (QED) is 0.848. The highest BCUT2D eigenvalue weighted by Gasteiger charge is 2.23. The lowest BCUT2D eigenvalue weighted by Crippen LogP contribution is -2.42. The minimum absolute atomic E-state index is 0.113. The van der Waals surface area contributed by atoms with Crippen molar-refractivity contribution in [3.8, 4) is 0 Å². The van der Waals surface area contributed by atoms with E-state index in [2.05, 4.69) is 5.32 Å². The van der Waals surface area contributed by atoms with Gasteiger partial charge in [-0.05, 0) is 30.5 Å². The molecule has 106 valence electrons. The number of hydrogen-bond donors (Lipinski definition) is 2. The predicted molar refractivity (Wildman–Crippen MR) is 78.7 cm³/mol. The molecule has 0 heterocycles. The summed E-state index contributed by atoms with van der Waals surface area (Å²) in [6.07, 6.45) is 1.30. The molecule has 5 heteroatoms. The predicted octanol–water partition coefficient (Wildman–Crippen LogP) is 3.20. The summed E-state index contributed by atoms with van der Waals surface area (Å²) >= 11 is 12.0. The Kier molecular flexibility index (Phi) is 6.11. The van der Waals surface area contributed by atoms with E-state index >= 15 is 0 Å². The van der Waals surface area contributed by atoms with Gasteiger partial charge in [0.05, 0.1) is 12.0 Å². The average molecular weight is 304 g/mol. The Bertz CT molecular complexity index is 425. The Morgan fingerprint density at radius 2 is 1.79 bits per heavy atom. The van der Waals surface area contributed by atoms with E-state index in [1.807, 2.05) is 13.8 Å². The molecule has 0 saturated carbocycles. The first-order chi connectivity index (χ1) is 8.91. The van der Waals surface area contributed by atoms with Gasteiger partial charge < -0.3 is 10.4 Å². The van der Waals surface area contributed by atoms with Gasteiger partial charge >= 0.3 is 0 Å². The van der Waals surface area contributed by atoms with Crippen molar-refractivity contribution < 1.29 is 9.90 Å². The van der Waals surface area contributed by atoms with Crippen LogP contribution in [-0.4, -0.2) is 23.2 Å². The summed E-state index contributed by atoms with van der Waals surface area (Å²) in [6.45, 7) is 4.02. The number of hydrogen-bond acceptors (Lipinski definition) is 2. The molecular weight excluding hydrogens is 285 g/mol. The number of carbonyl (C=O) groups is 1. The van der Waals surface area contributed by atoms with Crippen LogP contribution in [0.15, 0.2) is 18.2 Å². The third-order valence-electron chi connectivity index (χ3n) is 3.33. The molecule has 0 spiro atoms. The highest BCUT2D eigenvalue weighted by molar-refractivity contribution is 6.36. The van der Waals surface area contributed by atoms with Gasteiger partial charge in [-0.1, -0.05) is 43.1 Å². The van der Waals surface area contributed by atoms with Crippen molar-refractivity contribution in [2.24, 2.45) is 0 Å². The lowest BCUT2D eigenvalue weighted by Gasteiger charge is -2.25. The Hall–Kier alpha value is -0.770. The van der Waals surface area contributed by atoms with Gasteiger partial charge in [0.2, 0.25) is 5.91 Å². The average Bonchev–Trinajstić information content (AvgIpc) is 2.40. The number of carbonyl (C=O) groups excluding carboxylic acids is 1. The second-order valence-corrected chi connectivity index (χ2v) is 5.40. The van der Waals surface area contributed by atoms with Crippen molar-refractivity contribution >= 4 is 29.1 Å². The standard InChI is InChI=1S/C14H19Cl2NO2/c1-3-14(19,4-2)9-17-13(18)8-10-11(15)6-5-7-12(10)16/h5-7,19H,3-4,8-9H2,1-2H3,(H,17,18). The fourth-order valence-corrected chi connectivity index (χ4v) is 2.22. The first-order valence-electron chi connectivity index (χ1n) is 6.34. The van der Waals surface area contributed by atoms with E-state index < -0.39 is 5.60 Å². The van der Waals surface area contributed by atoms with Gasteiger partial charge in [-0.3, -0.25) is 4.79 Å². The first kappa shape index (κ1) is 16.3. The Morgan fingerprint density at radius 1 is 1.26 bits per heavy atom. The second-order valence-electron chi connectivity index (χ2n) is 4.59. The van der Waals surface area contributed by atoms with Crippen LogP contribution >= 0.6 is 23.2 Å². The fraction of sp³-hybridized carbons (Fsp3) is 0.500. The highest BCUT2D eigenvalue weighted by Crippen LogP contribution is 2.24. The number of halogens is 2. The molecule has 2 N–H and O–H groups in total. The summed E-state index contributed by atoms with van der Waals surface area (Å²) in [5.74, 6) is -0.199. The molecule has 0 aliphatic rings. The molecule has 0 saturated heterocycles. The van der Waals surface area contributed by atoms with Gasteiger partial charge in [0, 0.05) is 16.6 Å². The Balaban J connectivity index is 2.61. The first-order valence-corrected chi connectivity index (χ1v) is 7.09. The third kappa shape index (κ3) is 4.68. The zero-order valence-electron chi connectivity index (χ0n) is 11.2. The van der Waals surface area contributed by atoms with Crippen molar-refractivity contribution in [1.82, 2.24) is 5.32 Å². The van der Waals surface area contributed by atoms with Crippen molar-refractivity contribution in [2.45, 2.75) is 38.7 Å². The van der Waals surface area contributed by atoms with E-state index in [1.54, 1.807) is 18.2 Å². The Labute approximate surface area is 123 Å². The minimum Gasteiger partial charge on any atom is -0.388 e. The number of benzene rings is 1. The second kappa shape index (κ2) is 7.13. The third-order valence-corrected chi connectivity index (χ3v) is 4.04. The summed E-state index contributed by atoms with van der Waals surface area (Å²) in [5, 5.41) is 13.8. The number of rotatable bonds is 6. The zero-order chi connectivity index (χ0) is 14.5. The van der Waals surface area contributed by atoms with Crippen LogP contribution in [0.4, 0.5) is 0 Å². The zero-order valence-corrected chi connectivity index (χ0v) is 12.7. The van der Waals surface area contributed by atoms with Crippen LogP contribution in [0.25, 0.3) is 0 Å². The largest absolute Gasteiger partial charge is 0.388 e. The van der Waals surface area contributed by atoms with Crippen LogP contribution in [0.2, 0.25) is 10.0 Å². The molecule has 0 bridgehead atoms. The number of nitrogens with one attached hydrogen (secondary N) is 1. The van der Waals surface area contributed by atoms with Gasteiger partial charge in [0.1, 0.15) is 0 Å². The molecule has 1 rings (SSSR count). The van der Waals surface area contributed by atoms with Crippen LogP contribution in [0.5, 0.6) is 0 Å². The van der Waals surface area contributed by atoms with E-state index in [9.17, 15) is 9.90 Å². The van der Waals surface area contributed by atoms with Gasteiger partial charge in [0.25, 0.3) is 0 Å². The molecule has 1 aromatic carbocycles. The van der Waals surface area contributed by atoms with Gasteiger partial charge in [-0.15, -0.1) is 0 Å². The van der Waals surface area contributed by atoms with E-state index in [1.165, 1.54) is 0 Å². The van der Waals surface area contributed by atoms with Crippen LogP contribution < -0.4 is 5.32 Å². The molecule has 3 nitrogen and oxygen atoms in total. The molecule has 0 aliphatic carbocycles. The smallest absolute Gasteiger partial charge is 0.224 e. The van der Waals surface area contributed by atoms with Crippen molar-refractivity contribution in [3.05, 3.63) is 33.8 Å². The van der Waals surface area contributed by atoms with E-state index in [0.717, 1.165) is 0 Å². The molecule has 0 fully saturated rings. The lowest BCUT2D eigenvalue weighted by molar-refractivity contribution is -0.121. The number of aliphatic hydroxyl groups is 1. The molecule has 1 aromatic rings. The van der Waals surface area contributed by atoms with E-state index in [-0.39, 0.29) is 18.9 Å². The maximum atomic E-state index is 11.9. The molecular formula is C14H19Cl2NO2. The minimum atomic E-state index is -0.847. The monoisotopic (exact) mass is 303 g/mol. The topological polar surface area (TPSA) is 49.3 Å². The molecule has 19 heavy (non-hydrogen) atoms. The summed E-state index contributed by atoms with van der Waals surface area (Å²) < 4.78 is 0. The van der Waals surface area contributed by atoms with E-state index in [0.29, 0.717) is 28.5 Å². The van der Waals surface area contributed by atoms with Crippen molar-refractivity contribution in [1.29, 1.82) is 0 Å². The van der Waals surface area contributed by atoms with Crippen LogP contribution in [0, 0.1) is 0 Å².